The lowest BCUT2D eigenvalue weighted by atomic mass is 10.1. The molecule has 5 rings (SSSR count). The van der Waals surface area contributed by atoms with Gasteiger partial charge in [0.25, 0.3) is 11.6 Å². The predicted molar refractivity (Wildman–Crippen MR) is 134 cm³/mol. The average Bonchev–Trinajstić information content (AvgIpc) is 3.39. The maximum absolute atomic E-state index is 12.8. The van der Waals surface area contributed by atoms with Gasteiger partial charge in [-0.05, 0) is 29.5 Å². The third-order valence-electron chi connectivity index (χ3n) is 5.58. The van der Waals surface area contributed by atoms with Gasteiger partial charge in [0.1, 0.15) is 5.04 Å². The second kappa shape index (κ2) is 8.38. The number of benzene rings is 2. The van der Waals surface area contributed by atoms with Crippen LogP contribution in [-0.2, 0) is 11.3 Å². The van der Waals surface area contributed by atoms with Crippen molar-refractivity contribution in [1.82, 2.24) is 9.58 Å². The number of nitro groups is 1. The number of fused-ring (bicyclic) bond motifs is 2. The fourth-order valence-electron chi connectivity index (χ4n) is 3.84. The number of carbonyl (C=O) groups excluding carboxylic acids is 1. The normalized spacial score (nSPS) is 16.9. The summed E-state index contributed by atoms with van der Waals surface area (Å²) in [5.74, 6) is -0.285. The van der Waals surface area contributed by atoms with Gasteiger partial charge in [0.2, 0.25) is 5.17 Å². The first-order chi connectivity index (χ1) is 16.3. The molecule has 0 unspecified atom stereocenters. The summed E-state index contributed by atoms with van der Waals surface area (Å²) < 4.78 is 2.02. The van der Waals surface area contributed by atoms with Gasteiger partial charge in [0.05, 0.1) is 10.5 Å². The second-order valence-electron chi connectivity index (χ2n) is 8.27. The first-order valence-electron chi connectivity index (χ1n) is 10.6. The van der Waals surface area contributed by atoms with Crippen molar-refractivity contribution in [1.29, 1.82) is 5.41 Å². The number of non-ortho nitro benzene ring substituents is 1. The molecule has 0 spiro atoms. The number of amides is 1. The van der Waals surface area contributed by atoms with Gasteiger partial charge in [-0.15, -0.1) is 0 Å². The van der Waals surface area contributed by atoms with E-state index in [-0.39, 0.29) is 23.0 Å². The first kappa shape index (κ1) is 21.8. The summed E-state index contributed by atoms with van der Waals surface area (Å²) >= 11 is 1.32. The molecule has 3 heterocycles. The fraction of sp³-hybridized carbons (Fsp3) is 0.167. The van der Waals surface area contributed by atoms with Gasteiger partial charge in [0.15, 0.2) is 5.84 Å². The Hall–Kier alpha value is -4.05. The zero-order valence-electron chi connectivity index (χ0n) is 18.4. The standard InChI is InChI=1S/C24H20N6O3S/c1-14(2)23-27-29-21(25)19(22(31)26-24(29)34-23)11-16-13-28(20-6-4-3-5-18(16)20)12-15-7-9-17(10-8-15)30(32)33/h3-11,13-14,25H,12H2,1-2H3. The molecule has 0 aliphatic carbocycles. The smallest absolute Gasteiger partial charge is 0.283 e. The second-order valence-corrected chi connectivity index (χ2v) is 9.25. The topological polar surface area (TPSA) is 117 Å². The minimum Gasteiger partial charge on any atom is -0.342 e. The summed E-state index contributed by atoms with van der Waals surface area (Å²) in [4.78, 5) is 27.5. The highest BCUT2D eigenvalue weighted by atomic mass is 32.2. The summed E-state index contributed by atoms with van der Waals surface area (Å²) in [5.41, 5.74) is 2.86. The van der Waals surface area contributed by atoms with Crippen LogP contribution in [0.25, 0.3) is 17.0 Å². The van der Waals surface area contributed by atoms with Crippen molar-refractivity contribution in [3.63, 3.8) is 0 Å². The zero-order valence-corrected chi connectivity index (χ0v) is 19.2. The lowest BCUT2D eigenvalue weighted by molar-refractivity contribution is -0.384. The van der Waals surface area contributed by atoms with Crippen LogP contribution in [0.1, 0.15) is 25.0 Å². The van der Waals surface area contributed by atoms with Crippen LogP contribution in [0.4, 0.5) is 5.69 Å². The number of carbonyl (C=O) groups is 1. The fourth-order valence-corrected chi connectivity index (χ4v) is 4.73. The minimum atomic E-state index is -0.462. The van der Waals surface area contributed by atoms with E-state index in [2.05, 4.69) is 10.1 Å². The molecule has 9 nitrogen and oxygen atoms in total. The van der Waals surface area contributed by atoms with E-state index in [0.29, 0.717) is 11.7 Å². The molecule has 0 atom stereocenters. The Morgan fingerprint density at radius 1 is 1.18 bits per heavy atom. The lowest BCUT2D eigenvalue weighted by Crippen LogP contribution is -2.35. The monoisotopic (exact) mass is 472 g/mol. The number of nitrogens with zero attached hydrogens (tertiary/aromatic N) is 5. The van der Waals surface area contributed by atoms with Gasteiger partial charge in [0, 0.05) is 47.3 Å². The van der Waals surface area contributed by atoms with Crippen LogP contribution >= 0.6 is 11.8 Å². The Kier molecular flexibility index (Phi) is 5.37. The van der Waals surface area contributed by atoms with Gasteiger partial charge in [-0.3, -0.25) is 20.3 Å². The summed E-state index contributed by atoms with van der Waals surface area (Å²) in [5, 5.41) is 27.6. The number of rotatable bonds is 5. The molecule has 170 valence electrons. The van der Waals surface area contributed by atoms with Crippen LogP contribution in [0, 0.1) is 21.4 Å². The maximum atomic E-state index is 12.8. The third-order valence-corrected chi connectivity index (χ3v) is 6.79. The quantitative estimate of drug-likeness (QED) is 0.323. The Labute approximate surface area is 199 Å². The summed E-state index contributed by atoms with van der Waals surface area (Å²) in [6, 6.07) is 14.2. The molecule has 0 fully saturated rings. The van der Waals surface area contributed by atoms with Crippen molar-refractivity contribution in [2.45, 2.75) is 20.4 Å². The average molecular weight is 473 g/mol. The number of hydrogen-bond donors (Lipinski definition) is 1. The van der Waals surface area contributed by atoms with E-state index in [1.54, 1.807) is 18.2 Å². The van der Waals surface area contributed by atoms with Crippen molar-refractivity contribution in [3.05, 3.63) is 81.5 Å². The first-order valence-corrected chi connectivity index (χ1v) is 11.4. The highest BCUT2D eigenvalue weighted by Gasteiger charge is 2.36. The van der Waals surface area contributed by atoms with Crippen molar-refractivity contribution in [3.8, 4) is 0 Å². The highest BCUT2D eigenvalue weighted by Crippen LogP contribution is 2.32. The maximum Gasteiger partial charge on any atom is 0.283 e. The number of nitrogens with one attached hydrogen (secondary N) is 1. The number of amidine groups is 2. The summed E-state index contributed by atoms with van der Waals surface area (Å²) in [7, 11) is 0. The predicted octanol–water partition coefficient (Wildman–Crippen LogP) is 4.87. The summed E-state index contributed by atoms with van der Waals surface area (Å²) in [6.07, 6.45) is 3.60. The van der Waals surface area contributed by atoms with Crippen LogP contribution in [0.3, 0.4) is 0 Å². The van der Waals surface area contributed by atoms with E-state index >= 15 is 0 Å². The zero-order chi connectivity index (χ0) is 24.0. The molecule has 3 aromatic rings. The molecule has 10 heteroatoms. The molecule has 1 aromatic heterocycles. The van der Waals surface area contributed by atoms with Crippen LogP contribution in [-0.4, -0.2) is 36.5 Å². The highest BCUT2D eigenvalue weighted by molar-refractivity contribution is 8.27. The molecule has 0 saturated heterocycles. The van der Waals surface area contributed by atoms with E-state index < -0.39 is 10.8 Å². The van der Waals surface area contributed by atoms with Gasteiger partial charge in [-0.2, -0.15) is 15.1 Å². The molecular formula is C24H20N6O3S. The SMILES string of the molecule is CC(C)C1=NN2C(=N)C(=Cc3cn(Cc4ccc([N+](=O)[O-])cc4)c4ccccc34)C(=O)N=C2S1. The molecule has 1 N–H and O–H groups in total. The molecule has 0 radical (unpaired) electrons. The van der Waals surface area contributed by atoms with Crippen LogP contribution < -0.4 is 0 Å². The number of thioether (sulfide) groups is 1. The van der Waals surface area contributed by atoms with E-state index in [1.807, 2.05) is 48.9 Å². The molecule has 34 heavy (non-hydrogen) atoms. The largest absolute Gasteiger partial charge is 0.342 e. The van der Waals surface area contributed by atoms with Crippen LogP contribution in [0.2, 0.25) is 0 Å². The van der Waals surface area contributed by atoms with Gasteiger partial charge < -0.3 is 4.57 Å². The van der Waals surface area contributed by atoms with Gasteiger partial charge in [-0.1, -0.05) is 44.2 Å². The molecule has 2 aliphatic heterocycles. The molecule has 2 aliphatic rings. The van der Waals surface area contributed by atoms with Gasteiger partial charge >= 0.3 is 0 Å². The van der Waals surface area contributed by atoms with E-state index in [0.717, 1.165) is 27.1 Å². The molecule has 0 bridgehead atoms. The minimum absolute atomic E-state index is 0.00495. The molecule has 0 saturated carbocycles. The number of nitro benzene ring substituents is 1. The number of para-hydroxylation sites is 1. The number of aliphatic imine (C=N–C) groups is 1. The Morgan fingerprint density at radius 2 is 1.91 bits per heavy atom. The molecule has 2 aromatic carbocycles. The van der Waals surface area contributed by atoms with Crippen molar-refractivity contribution >= 4 is 56.4 Å². The lowest BCUT2D eigenvalue weighted by Gasteiger charge is -2.20. The summed E-state index contributed by atoms with van der Waals surface area (Å²) in [6.45, 7) is 4.51. The Morgan fingerprint density at radius 3 is 2.62 bits per heavy atom. The third kappa shape index (κ3) is 3.81. The number of aromatic nitrogens is 1. The Bertz CT molecular complexity index is 1450. The van der Waals surface area contributed by atoms with Crippen LogP contribution in [0.5, 0.6) is 0 Å². The Balaban J connectivity index is 1.52. The van der Waals surface area contributed by atoms with Crippen molar-refractivity contribution in [2.75, 3.05) is 0 Å². The van der Waals surface area contributed by atoms with E-state index in [1.165, 1.54) is 28.9 Å². The van der Waals surface area contributed by atoms with Crippen molar-refractivity contribution < 1.29 is 9.72 Å². The number of hydrazone groups is 1. The van der Waals surface area contributed by atoms with E-state index in [9.17, 15) is 14.9 Å². The van der Waals surface area contributed by atoms with Crippen molar-refractivity contribution in [2.24, 2.45) is 16.0 Å². The van der Waals surface area contributed by atoms with Gasteiger partial charge in [-0.25, -0.2) is 0 Å². The molecule has 1 amide bonds. The molecular weight excluding hydrogens is 452 g/mol. The van der Waals surface area contributed by atoms with E-state index in [4.69, 9.17) is 5.41 Å². The van der Waals surface area contributed by atoms with Crippen LogP contribution in [0.15, 0.2) is 70.4 Å². The number of hydrogen-bond acceptors (Lipinski definition) is 6.